The maximum Gasteiger partial charge on any atom is 0.297 e. The van der Waals surface area contributed by atoms with E-state index in [1.807, 2.05) is 43.3 Å². The third kappa shape index (κ3) is 4.15. The summed E-state index contributed by atoms with van der Waals surface area (Å²) in [5.41, 5.74) is 1.32. The number of anilines is 2. The monoisotopic (exact) mass is 646 g/mol. The molecule has 0 saturated carbocycles. The van der Waals surface area contributed by atoms with Gasteiger partial charge in [-0.25, -0.2) is 4.39 Å². The zero-order chi connectivity index (χ0) is 31.6. The maximum absolute atomic E-state index is 15.1. The highest BCUT2D eigenvalue weighted by molar-refractivity contribution is 8.00. The lowest BCUT2D eigenvalue weighted by atomic mass is 9.84. The third-order valence-corrected chi connectivity index (χ3v) is 10.4. The van der Waals surface area contributed by atoms with E-state index in [1.54, 1.807) is 59.5 Å². The minimum absolute atomic E-state index is 0.0452. The van der Waals surface area contributed by atoms with Gasteiger partial charge in [0.05, 0.1) is 23.2 Å². The Labute approximate surface area is 270 Å². The molecule has 2 amide bonds. The van der Waals surface area contributed by atoms with Crippen LogP contribution in [0.2, 0.25) is 0 Å². The summed E-state index contributed by atoms with van der Waals surface area (Å²) in [7, 11) is 0. The van der Waals surface area contributed by atoms with Gasteiger partial charge in [0.1, 0.15) is 11.4 Å². The molecule has 6 aromatic rings. The fourth-order valence-corrected chi connectivity index (χ4v) is 8.24. The van der Waals surface area contributed by atoms with Crippen LogP contribution in [0.3, 0.4) is 0 Å². The highest BCUT2D eigenvalue weighted by Crippen LogP contribution is 2.55. The van der Waals surface area contributed by atoms with Gasteiger partial charge in [-0.2, -0.15) is 0 Å². The zero-order valence-electron chi connectivity index (χ0n) is 24.3. The van der Waals surface area contributed by atoms with Crippen molar-refractivity contribution < 1.29 is 18.4 Å². The maximum atomic E-state index is 15.1. The first-order valence-electron chi connectivity index (χ1n) is 14.5. The topological polar surface area (TPSA) is 96.6 Å². The van der Waals surface area contributed by atoms with E-state index in [1.165, 1.54) is 22.7 Å². The fraction of sp³-hybridized carbons (Fsp3) is 0.114. The first-order chi connectivity index (χ1) is 22.4. The second-order valence-electron chi connectivity index (χ2n) is 11.1. The van der Waals surface area contributed by atoms with E-state index >= 15 is 4.79 Å². The van der Waals surface area contributed by atoms with Gasteiger partial charge >= 0.3 is 0 Å². The Morgan fingerprint density at radius 1 is 0.913 bits per heavy atom. The second kappa shape index (κ2) is 10.7. The number of fused-ring (bicyclic) bond motifs is 5. The van der Waals surface area contributed by atoms with Crippen LogP contribution in [0, 0.1) is 12.7 Å². The molecule has 1 unspecified atom stereocenters. The van der Waals surface area contributed by atoms with Gasteiger partial charge in [-0.1, -0.05) is 101 Å². The molecule has 8 nitrogen and oxygen atoms in total. The molecule has 0 bridgehead atoms. The number of para-hydroxylation sites is 2. The van der Waals surface area contributed by atoms with E-state index in [-0.39, 0.29) is 45.5 Å². The van der Waals surface area contributed by atoms with Crippen LogP contribution in [0.15, 0.2) is 111 Å². The molecule has 8 rings (SSSR count). The molecule has 2 aliphatic heterocycles. The van der Waals surface area contributed by atoms with Crippen molar-refractivity contribution in [2.75, 3.05) is 9.80 Å². The number of halogens is 1. The minimum Gasteiger partial charge on any atom is -0.450 e. The molecule has 226 valence electrons. The first-order valence-corrected chi connectivity index (χ1v) is 16.3. The summed E-state index contributed by atoms with van der Waals surface area (Å²) in [5.74, 6) is -1.39. The number of carbonyl (C=O) groups is 2. The van der Waals surface area contributed by atoms with Crippen molar-refractivity contribution in [3.63, 3.8) is 0 Å². The van der Waals surface area contributed by atoms with Crippen LogP contribution in [-0.2, 0) is 22.6 Å². The molecule has 0 saturated heterocycles. The predicted molar refractivity (Wildman–Crippen MR) is 175 cm³/mol. The molecule has 4 heterocycles. The van der Waals surface area contributed by atoms with E-state index in [2.05, 4.69) is 10.2 Å². The van der Waals surface area contributed by atoms with Gasteiger partial charge in [-0.05, 0) is 42.3 Å². The standard InChI is InChI=1S/C35H23FN4O4S2/c1-20-9-8-10-21(17-20)18-39-26-15-6-4-13-24(26)35(32(39)43)28-29(41)23-12-3-7-16-27(23)44-30(28)31(42)40(35)33-37-38-34(46-33)45-19-22-11-2-5-14-25(22)36/h2-17H,18-19H2,1H3. The number of amides is 2. The van der Waals surface area contributed by atoms with Gasteiger partial charge in [0.2, 0.25) is 10.9 Å². The molecular weight excluding hydrogens is 624 g/mol. The summed E-state index contributed by atoms with van der Waals surface area (Å²) < 4.78 is 20.9. The number of aromatic nitrogens is 2. The molecular formula is C35H23FN4O4S2. The Balaban J connectivity index is 1.32. The van der Waals surface area contributed by atoms with Crippen molar-refractivity contribution in [1.29, 1.82) is 0 Å². The van der Waals surface area contributed by atoms with Crippen LogP contribution in [0.25, 0.3) is 11.0 Å². The first kappa shape index (κ1) is 28.4. The Bertz CT molecular complexity index is 2290. The molecule has 2 aromatic heterocycles. The number of aryl methyl sites for hydroxylation is 1. The molecule has 11 heteroatoms. The summed E-state index contributed by atoms with van der Waals surface area (Å²) in [4.78, 5) is 46.8. The number of rotatable bonds is 6. The lowest BCUT2D eigenvalue weighted by Gasteiger charge is -2.32. The van der Waals surface area contributed by atoms with E-state index in [0.29, 0.717) is 21.2 Å². The summed E-state index contributed by atoms with van der Waals surface area (Å²) in [6.45, 7) is 2.20. The molecule has 1 atom stereocenters. The number of thioether (sulfide) groups is 1. The second-order valence-corrected chi connectivity index (χ2v) is 13.3. The van der Waals surface area contributed by atoms with Gasteiger partial charge < -0.3 is 9.32 Å². The van der Waals surface area contributed by atoms with Crippen LogP contribution in [0.1, 0.15) is 38.4 Å². The molecule has 4 aromatic carbocycles. The largest absolute Gasteiger partial charge is 0.450 e. The molecule has 46 heavy (non-hydrogen) atoms. The van der Waals surface area contributed by atoms with Crippen molar-refractivity contribution in [2.24, 2.45) is 0 Å². The van der Waals surface area contributed by atoms with Crippen LogP contribution in [0.4, 0.5) is 15.2 Å². The predicted octanol–water partition coefficient (Wildman–Crippen LogP) is 6.84. The number of hydrogen-bond donors (Lipinski definition) is 0. The Morgan fingerprint density at radius 2 is 1.70 bits per heavy atom. The zero-order valence-corrected chi connectivity index (χ0v) is 25.9. The number of carbonyl (C=O) groups excluding carboxylic acids is 2. The average molecular weight is 647 g/mol. The van der Waals surface area contributed by atoms with E-state index in [9.17, 15) is 14.0 Å². The van der Waals surface area contributed by atoms with Gasteiger partial charge in [-0.15, -0.1) is 10.2 Å². The molecule has 0 N–H and O–H groups in total. The van der Waals surface area contributed by atoms with Gasteiger partial charge in [0.15, 0.2) is 15.3 Å². The lowest BCUT2D eigenvalue weighted by molar-refractivity contribution is -0.121. The Hall–Kier alpha value is -5.13. The molecule has 0 radical (unpaired) electrons. The molecule has 1 spiro atoms. The minimum atomic E-state index is -1.88. The summed E-state index contributed by atoms with van der Waals surface area (Å²) >= 11 is 2.36. The van der Waals surface area contributed by atoms with Crippen molar-refractivity contribution in [2.45, 2.75) is 29.1 Å². The van der Waals surface area contributed by atoms with E-state index in [0.717, 1.165) is 22.5 Å². The smallest absolute Gasteiger partial charge is 0.297 e. The molecule has 0 aliphatic carbocycles. The van der Waals surface area contributed by atoms with Crippen LogP contribution < -0.4 is 15.2 Å². The summed E-state index contributed by atoms with van der Waals surface area (Å²) in [5, 5.41) is 9.03. The third-order valence-electron chi connectivity index (χ3n) is 8.35. The van der Waals surface area contributed by atoms with Gasteiger partial charge in [-0.3, -0.25) is 19.3 Å². The Morgan fingerprint density at radius 3 is 2.54 bits per heavy atom. The highest BCUT2D eigenvalue weighted by atomic mass is 32.2. The molecule has 2 aliphatic rings. The SMILES string of the molecule is Cc1cccc(CN2C(=O)C3(c4ccccc42)c2c(oc4ccccc4c2=O)C(=O)N3c2nnc(SCc3ccccc3F)s2)c1. The van der Waals surface area contributed by atoms with Gasteiger partial charge in [0.25, 0.3) is 11.8 Å². The lowest BCUT2D eigenvalue weighted by Crippen LogP contribution is -2.53. The van der Waals surface area contributed by atoms with Crippen LogP contribution in [-0.4, -0.2) is 22.0 Å². The number of nitrogens with zero attached hydrogens (tertiary/aromatic N) is 4. The van der Waals surface area contributed by atoms with E-state index in [4.69, 9.17) is 4.42 Å². The summed E-state index contributed by atoms with van der Waals surface area (Å²) in [6.07, 6.45) is 0. The normalized spacial score (nSPS) is 16.9. The van der Waals surface area contributed by atoms with Crippen molar-refractivity contribution in [3.8, 4) is 0 Å². The highest BCUT2D eigenvalue weighted by Gasteiger charge is 2.66. The van der Waals surface area contributed by atoms with Crippen LogP contribution >= 0.6 is 23.1 Å². The van der Waals surface area contributed by atoms with Gasteiger partial charge in [0, 0.05) is 11.3 Å². The number of benzene rings is 4. The van der Waals surface area contributed by atoms with Crippen LogP contribution in [0.5, 0.6) is 0 Å². The van der Waals surface area contributed by atoms with Crippen molar-refractivity contribution >= 4 is 56.7 Å². The van der Waals surface area contributed by atoms with Crippen molar-refractivity contribution in [3.05, 3.63) is 147 Å². The Kier molecular flexibility index (Phi) is 6.62. The average Bonchev–Trinajstić information content (AvgIpc) is 3.70. The fourth-order valence-electron chi connectivity index (χ4n) is 6.37. The molecule has 0 fully saturated rings. The number of hydrogen-bond acceptors (Lipinski definition) is 8. The van der Waals surface area contributed by atoms with Crippen molar-refractivity contribution in [1.82, 2.24) is 10.2 Å². The quantitative estimate of drug-likeness (QED) is 0.145. The van der Waals surface area contributed by atoms with E-state index < -0.39 is 22.8 Å². The summed E-state index contributed by atoms with van der Waals surface area (Å²) in [6, 6.07) is 28.2.